The van der Waals surface area contributed by atoms with E-state index < -0.39 is 0 Å². The van der Waals surface area contributed by atoms with Gasteiger partial charge in [0.15, 0.2) is 0 Å². The molecular weight excluding hydrogens is 410 g/mol. The van der Waals surface area contributed by atoms with Crippen molar-refractivity contribution in [3.8, 4) is 22.6 Å². The number of aliphatic hydroxyl groups excluding tert-OH is 1. The monoisotopic (exact) mass is 439 g/mol. The minimum atomic E-state index is -0.118. The van der Waals surface area contributed by atoms with Crippen molar-refractivity contribution >= 4 is 22.5 Å². The topological polar surface area (TPSA) is 41.9 Å². The zero-order valence-corrected chi connectivity index (χ0v) is 19.4. The minimum Gasteiger partial charge on any atom is -0.516 e. The first-order valence-corrected chi connectivity index (χ1v) is 11.7. The number of aliphatic hydroxyl groups is 1. The van der Waals surface area contributed by atoms with Gasteiger partial charge in [-0.2, -0.15) is 0 Å². The molecule has 4 heteroatoms. The van der Waals surface area contributed by atoms with E-state index >= 15 is 0 Å². The van der Waals surface area contributed by atoms with Gasteiger partial charge in [0.25, 0.3) is 0 Å². The fourth-order valence-corrected chi connectivity index (χ4v) is 6.03. The standard InChI is InChI=1S/C29H29NO3/c1-29(2)23-11-5-4-9-19(23)26-21-14-24(30-12-6-8-18(16-30)17-31)25(32-3)15-22(21)28-20(27(26)29)10-7-13-33-28/h4-5,7,9-11,14-15,17,31H,6,8,12-13,16H2,1-3H3. The molecule has 0 saturated carbocycles. The van der Waals surface area contributed by atoms with E-state index in [9.17, 15) is 5.11 Å². The first-order chi connectivity index (χ1) is 16.0. The Morgan fingerprint density at radius 1 is 1.15 bits per heavy atom. The van der Waals surface area contributed by atoms with Crippen molar-refractivity contribution in [1.82, 2.24) is 0 Å². The number of fused-ring (bicyclic) bond motifs is 8. The lowest BCUT2D eigenvalue weighted by molar-refractivity contribution is 0.361. The summed E-state index contributed by atoms with van der Waals surface area (Å²) in [6.45, 7) is 6.87. The Morgan fingerprint density at radius 2 is 2.00 bits per heavy atom. The van der Waals surface area contributed by atoms with Gasteiger partial charge < -0.3 is 19.5 Å². The summed E-state index contributed by atoms with van der Waals surface area (Å²) < 4.78 is 12.2. The highest BCUT2D eigenvalue weighted by Gasteiger charge is 2.40. The molecule has 0 atom stereocenters. The second-order valence-corrected chi connectivity index (χ2v) is 9.76. The van der Waals surface area contributed by atoms with E-state index in [1.807, 2.05) is 0 Å². The average molecular weight is 440 g/mol. The van der Waals surface area contributed by atoms with Crippen LogP contribution in [0.4, 0.5) is 5.69 Å². The van der Waals surface area contributed by atoms with Gasteiger partial charge in [0, 0.05) is 29.5 Å². The Balaban J connectivity index is 1.70. The largest absolute Gasteiger partial charge is 0.516 e. The van der Waals surface area contributed by atoms with Gasteiger partial charge >= 0.3 is 0 Å². The lowest BCUT2D eigenvalue weighted by Crippen LogP contribution is -2.31. The molecule has 3 aliphatic rings. The number of anilines is 1. The molecule has 0 bridgehead atoms. The number of hydrogen-bond donors (Lipinski definition) is 1. The van der Waals surface area contributed by atoms with E-state index in [2.05, 4.69) is 67.3 Å². The average Bonchev–Trinajstić information content (AvgIpc) is 3.11. The van der Waals surface area contributed by atoms with Crippen LogP contribution in [-0.4, -0.2) is 31.9 Å². The maximum absolute atomic E-state index is 9.64. The van der Waals surface area contributed by atoms with Gasteiger partial charge in [-0.15, -0.1) is 0 Å². The molecule has 4 nitrogen and oxygen atoms in total. The van der Waals surface area contributed by atoms with Crippen molar-refractivity contribution < 1.29 is 14.6 Å². The van der Waals surface area contributed by atoms with Crippen LogP contribution in [0.15, 0.2) is 54.3 Å². The molecule has 0 aromatic heterocycles. The zero-order chi connectivity index (χ0) is 22.7. The SMILES string of the molecule is COc1cc2c3c(c4c(c2cc1N1CCCC(=CO)C1)-c1ccccc1C4(C)C)C=CCO3. The molecular formula is C29H29NO3. The van der Waals surface area contributed by atoms with Crippen molar-refractivity contribution in [1.29, 1.82) is 0 Å². The molecule has 0 amide bonds. The number of piperidine rings is 1. The van der Waals surface area contributed by atoms with Gasteiger partial charge in [0.1, 0.15) is 18.1 Å². The maximum atomic E-state index is 9.64. The molecule has 6 rings (SSSR count). The van der Waals surface area contributed by atoms with Gasteiger partial charge in [-0.3, -0.25) is 0 Å². The molecule has 2 aliphatic heterocycles. The van der Waals surface area contributed by atoms with E-state index in [1.165, 1.54) is 39.5 Å². The van der Waals surface area contributed by atoms with Gasteiger partial charge in [-0.05, 0) is 64.3 Å². The minimum absolute atomic E-state index is 0.118. The molecule has 3 aromatic rings. The van der Waals surface area contributed by atoms with Crippen LogP contribution in [0.2, 0.25) is 0 Å². The van der Waals surface area contributed by atoms with Crippen LogP contribution in [0.25, 0.3) is 28.0 Å². The Kier molecular flexibility index (Phi) is 4.48. The molecule has 2 heterocycles. The molecule has 0 unspecified atom stereocenters. The summed E-state index contributed by atoms with van der Waals surface area (Å²) in [6, 6.07) is 13.2. The number of benzene rings is 3. The van der Waals surface area contributed by atoms with E-state index in [4.69, 9.17) is 9.47 Å². The molecule has 1 saturated heterocycles. The Labute approximate surface area is 194 Å². The van der Waals surface area contributed by atoms with Crippen LogP contribution >= 0.6 is 0 Å². The number of ether oxygens (including phenoxy) is 2. The van der Waals surface area contributed by atoms with Crippen LogP contribution < -0.4 is 14.4 Å². The first-order valence-electron chi connectivity index (χ1n) is 11.7. The fourth-order valence-electron chi connectivity index (χ4n) is 6.03. The third-order valence-corrected chi connectivity index (χ3v) is 7.54. The number of nitrogens with zero attached hydrogens (tertiary/aromatic N) is 1. The summed E-state index contributed by atoms with van der Waals surface area (Å²) in [6.07, 6.45) is 7.56. The van der Waals surface area contributed by atoms with Crippen molar-refractivity contribution in [3.05, 3.63) is 71.0 Å². The van der Waals surface area contributed by atoms with Gasteiger partial charge in [-0.25, -0.2) is 0 Å². The van der Waals surface area contributed by atoms with E-state index in [0.717, 1.165) is 47.5 Å². The second kappa shape index (κ2) is 7.31. The molecule has 0 radical (unpaired) electrons. The summed E-state index contributed by atoms with van der Waals surface area (Å²) in [7, 11) is 1.73. The quantitative estimate of drug-likeness (QED) is 0.457. The fraction of sp³-hybridized carbons (Fsp3) is 0.310. The molecule has 3 aromatic carbocycles. The van der Waals surface area contributed by atoms with E-state index in [1.54, 1.807) is 7.11 Å². The Hall–Kier alpha value is -3.40. The van der Waals surface area contributed by atoms with E-state index in [0.29, 0.717) is 13.2 Å². The Morgan fingerprint density at radius 3 is 2.82 bits per heavy atom. The van der Waals surface area contributed by atoms with Gasteiger partial charge in [0.2, 0.25) is 0 Å². The van der Waals surface area contributed by atoms with Crippen molar-refractivity contribution in [2.45, 2.75) is 32.1 Å². The highest BCUT2D eigenvalue weighted by atomic mass is 16.5. The molecule has 168 valence electrons. The van der Waals surface area contributed by atoms with Crippen molar-refractivity contribution in [2.24, 2.45) is 0 Å². The third-order valence-electron chi connectivity index (χ3n) is 7.54. The number of rotatable bonds is 2. The first kappa shape index (κ1) is 20.2. The number of methoxy groups -OCH3 is 1. The van der Waals surface area contributed by atoms with Crippen LogP contribution in [0.3, 0.4) is 0 Å². The van der Waals surface area contributed by atoms with E-state index in [-0.39, 0.29) is 5.41 Å². The van der Waals surface area contributed by atoms with Crippen LogP contribution in [0, 0.1) is 0 Å². The third kappa shape index (κ3) is 2.83. The predicted octanol–water partition coefficient (Wildman–Crippen LogP) is 6.60. The molecule has 1 aliphatic carbocycles. The number of hydrogen-bond acceptors (Lipinski definition) is 4. The van der Waals surface area contributed by atoms with Crippen molar-refractivity contribution in [3.63, 3.8) is 0 Å². The zero-order valence-electron chi connectivity index (χ0n) is 19.4. The van der Waals surface area contributed by atoms with Gasteiger partial charge in [-0.1, -0.05) is 44.2 Å². The summed E-state index contributed by atoms with van der Waals surface area (Å²) in [4.78, 5) is 2.32. The highest BCUT2D eigenvalue weighted by molar-refractivity contribution is 6.10. The summed E-state index contributed by atoms with van der Waals surface area (Å²) in [5.74, 6) is 1.79. The molecule has 1 fully saturated rings. The smallest absolute Gasteiger partial charge is 0.142 e. The normalized spacial score (nSPS) is 19.2. The van der Waals surface area contributed by atoms with Crippen LogP contribution in [-0.2, 0) is 5.41 Å². The second-order valence-electron chi connectivity index (χ2n) is 9.76. The summed E-state index contributed by atoms with van der Waals surface area (Å²) in [5.41, 5.74) is 8.49. The molecule has 33 heavy (non-hydrogen) atoms. The van der Waals surface area contributed by atoms with Crippen LogP contribution in [0.5, 0.6) is 11.5 Å². The summed E-state index contributed by atoms with van der Waals surface area (Å²) in [5, 5.41) is 11.9. The highest BCUT2D eigenvalue weighted by Crippen LogP contribution is 2.57. The van der Waals surface area contributed by atoms with Crippen LogP contribution in [0.1, 0.15) is 43.4 Å². The lowest BCUT2D eigenvalue weighted by Gasteiger charge is -2.32. The Bertz CT molecular complexity index is 1350. The summed E-state index contributed by atoms with van der Waals surface area (Å²) >= 11 is 0. The van der Waals surface area contributed by atoms with Crippen molar-refractivity contribution in [2.75, 3.05) is 31.7 Å². The predicted molar refractivity (Wildman–Crippen MR) is 135 cm³/mol. The van der Waals surface area contributed by atoms with Gasteiger partial charge in [0.05, 0.1) is 19.1 Å². The maximum Gasteiger partial charge on any atom is 0.142 e. The lowest BCUT2D eigenvalue weighted by atomic mass is 9.78. The molecule has 1 N–H and O–H groups in total. The molecule has 0 spiro atoms.